The highest BCUT2D eigenvalue weighted by atomic mass is 16.3. The van der Waals surface area contributed by atoms with E-state index in [9.17, 15) is 4.79 Å². The van der Waals surface area contributed by atoms with Crippen molar-refractivity contribution in [2.45, 2.75) is 44.7 Å². The van der Waals surface area contributed by atoms with Crippen molar-refractivity contribution in [3.05, 3.63) is 54.7 Å². The lowest BCUT2D eigenvalue weighted by molar-refractivity contribution is -0.121. The van der Waals surface area contributed by atoms with Crippen LogP contribution in [-0.2, 0) is 4.79 Å². The number of nitrogens with one attached hydrogen (secondary N) is 1. The molecule has 4 aromatic rings. The summed E-state index contributed by atoms with van der Waals surface area (Å²) in [6, 6.07) is 16.3. The van der Waals surface area contributed by atoms with Crippen LogP contribution in [0.2, 0.25) is 0 Å². The van der Waals surface area contributed by atoms with E-state index in [-0.39, 0.29) is 18.0 Å². The molecule has 30 heavy (non-hydrogen) atoms. The molecule has 1 amide bonds. The van der Waals surface area contributed by atoms with Crippen LogP contribution in [0.25, 0.3) is 33.8 Å². The monoisotopic (exact) mass is 401 g/mol. The SMILES string of the molecule is CCC(=O)NC1CCC(n2nncc2-c2ccc(-c3nc4ccccc4o3)cc2)C1. The number of aromatic nitrogens is 4. The molecule has 5 rings (SSSR count). The van der Waals surface area contributed by atoms with Gasteiger partial charge in [-0.15, -0.1) is 5.10 Å². The average molecular weight is 401 g/mol. The van der Waals surface area contributed by atoms with E-state index in [2.05, 4.69) is 20.6 Å². The second-order valence-corrected chi connectivity index (χ2v) is 7.71. The molecule has 0 aliphatic heterocycles. The molecule has 0 spiro atoms. The molecule has 0 saturated heterocycles. The second-order valence-electron chi connectivity index (χ2n) is 7.71. The summed E-state index contributed by atoms with van der Waals surface area (Å²) in [5, 5.41) is 11.6. The van der Waals surface area contributed by atoms with Crippen LogP contribution in [0.15, 0.2) is 59.1 Å². The molecule has 7 nitrogen and oxygen atoms in total. The minimum Gasteiger partial charge on any atom is -0.436 e. The van der Waals surface area contributed by atoms with Crippen LogP contribution in [0.1, 0.15) is 38.6 Å². The zero-order valence-corrected chi connectivity index (χ0v) is 16.8. The molecule has 1 aliphatic carbocycles. The van der Waals surface area contributed by atoms with Crippen molar-refractivity contribution in [3.8, 4) is 22.7 Å². The van der Waals surface area contributed by atoms with Crippen LogP contribution >= 0.6 is 0 Å². The van der Waals surface area contributed by atoms with E-state index >= 15 is 0 Å². The highest BCUT2D eigenvalue weighted by molar-refractivity contribution is 5.77. The zero-order chi connectivity index (χ0) is 20.5. The van der Waals surface area contributed by atoms with E-state index in [1.165, 1.54) is 0 Å². The highest BCUT2D eigenvalue weighted by Crippen LogP contribution is 2.34. The quantitative estimate of drug-likeness (QED) is 0.537. The lowest BCUT2D eigenvalue weighted by Crippen LogP contribution is -2.32. The summed E-state index contributed by atoms with van der Waals surface area (Å²) in [7, 11) is 0. The van der Waals surface area contributed by atoms with Gasteiger partial charge in [-0.3, -0.25) is 4.79 Å². The van der Waals surface area contributed by atoms with Crippen molar-refractivity contribution in [1.82, 2.24) is 25.3 Å². The van der Waals surface area contributed by atoms with Gasteiger partial charge in [0.15, 0.2) is 5.58 Å². The van der Waals surface area contributed by atoms with Crippen molar-refractivity contribution in [1.29, 1.82) is 0 Å². The summed E-state index contributed by atoms with van der Waals surface area (Å²) in [6.07, 6.45) is 5.13. The normalized spacial score (nSPS) is 18.7. The number of carbonyl (C=O) groups is 1. The first kappa shape index (κ1) is 18.5. The number of rotatable bonds is 5. The first-order valence-electron chi connectivity index (χ1n) is 10.4. The number of nitrogens with zero attached hydrogens (tertiary/aromatic N) is 4. The Balaban J connectivity index is 1.36. The van der Waals surface area contributed by atoms with Crippen LogP contribution in [0, 0.1) is 0 Å². The van der Waals surface area contributed by atoms with E-state index < -0.39 is 0 Å². The Morgan fingerprint density at radius 3 is 2.73 bits per heavy atom. The van der Waals surface area contributed by atoms with Crippen molar-refractivity contribution in [2.75, 3.05) is 0 Å². The van der Waals surface area contributed by atoms with Crippen LogP contribution in [0.5, 0.6) is 0 Å². The maximum atomic E-state index is 11.7. The van der Waals surface area contributed by atoms with E-state index in [1.807, 2.05) is 60.1 Å². The summed E-state index contributed by atoms with van der Waals surface area (Å²) in [4.78, 5) is 16.3. The molecule has 1 saturated carbocycles. The van der Waals surface area contributed by atoms with Gasteiger partial charge in [0.1, 0.15) is 5.52 Å². The third-order valence-corrected chi connectivity index (χ3v) is 5.73. The Hall–Kier alpha value is -3.48. The molecule has 152 valence electrons. The maximum Gasteiger partial charge on any atom is 0.227 e. The number of fused-ring (bicyclic) bond motifs is 1. The van der Waals surface area contributed by atoms with Crippen LogP contribution in [0.4, 0.5) is 0 Å². The van der Waals surface area contributed by atoms with Crippen molar-refractivity contribution >= 4 is 17.0 Å². The van der Waals surface area contributed by atoms with Gasteiger partial charge < -0.3 is 9.73 Å². The largest absolute Gasteiger partial charge is 0.436 e. The fourth-order valence-electron chi connectivity index (χ4n) is 4.14. The Labute approximate surface area is 174 Å². The van der Waals surface area contributed by atoms with Gasteiger partial charge >= 0.3 is 0 Å². The van der Waals surface area contributed by atoms with Crippen LogP contribution < -0.4 is 5.32 Å². The summed E-state index contributed by atoms with van der Waals surface area (Å²) >= 11 is 0. The van der Waals surface area contributed by atoms with Gasteiger partial charge in [0.25, 0.3) is 0 Å². The Bertz CT molecular complexity index is 1140. The second kappa shape index (κ2) is 7.74. The molecular formula is C23H23N5O2. The summed E-state index contributed by atoms with van der Waals surface area (Å²) in [5.74, 6) is 0.717. The molecule has 1 aliphatic rings. The summed E-state index contributed by atoms with van der Waals surface area (Å²) in [6.45, 7) is 1.88. The first-order valence-corrected chi connectivity index (χ1v) is 10.4. The van der Waals surface area contributed by atoms with E-state index in [0.717, 1.165) is 47.2 Å². The third-order valence-electron chi connectivity index (χ3n) is 5.73. The molecule has 2 aromatic heterocycles. The molecule has 7 heteroatoms. The number of hydrogen-bond acceptors (Lipinski definition) is 5. The lowest BCUT2D eigenvalue weighted by atomic mass is 10.1. The van der Waals surface area contributed by atoms with Gasteiger partial charge in [-0.25, -0.2) is 9.67 Å². The average Bonchev–Trinajstić information content (AvgIpc) is 3.52. The van der Waals surface area contributed by atoms with E-state index in [1.54, 1.807) is 6.20 Å². The van der Waals surface area contributed by atoms with Crippen LogP contribution in [0.3, 0.4) is 0 Å². The van der Waals surface area contributed by atoms with Gasteiger partial charge in [0.2, 0.25) is 11.8 Å². The van der Waals surface area contributed by atoms with E-state index in [0.29, 0.717) is 12.3 Å². The topological polar surface area (TPSA) is 85.8 Å². The minimum absolute atomic E-state index is 0.106. The fourth-order valence-corrected chi connectivity index (χ4v) is 4.14. The first-order chi connectivity index (χ1) is 14.7. The molecule has 2 heterocycles. The number of amides is 1. The molecule has 1 N–H and O–H groups in total. The lowest BCUT2D eigenvalue weighted by Gasteiger charge is -2.15. The molecule has 1 fully saturated rings. The summed E-state index contributed by atoms with van der Waals surface area (Å²) < 4.78 is 7.86. The molecule has 0 radical (unpaired) electrons. The Morgan fingerprint density at radius 2 is 1.93 bits per heavy atom. The minimum atomic E-state index is 0.106. The predicted octanol–water partition coefficient (Wildman–Crippen LogP) is 4.37. The third kappa shape index (κ3) is 3.47. The molecule has 2 unspecified atom stereocenters. The molecule has 0 bridgehead atoms. The van der Waals surface area contributed by atoms with Crippen molar-refractivity contribution in [3.63, 3.8) is 0 Å². The van der Waals surface area contributed by atoms with Gasteiger partial charge in [-0.05, 0) is 43.5 Å². The van der Waals surface area contributed by atoms with Crippen molar-refractivity contribution < 1.29 is 9.21 Å². The molecule has 2 atom stereocenters. The van der Waals surface area contributed by atoms with Crippen LogP contribution in [-0.4, -0.2) is 31.9 Å². The van der Waals surface area contributed by atoms with Gasteiger partial charge in [-0.2, -0.15) is 0 Å². The van der Waals surface area contributed by atoms with Gasteiger partial charge in [0, 0.05) is 23.6 Å². The number of oxazole rings is 1. The molecule has 2 aromatic carbocycles. The maximum absolute atomic E-state index is 11.7. The Morgan fingerprint density at radius 1 is 1.13 bits per heavy atom. The van der Waals surface area contributed by atoms with E-state index in [4.69, 9.17) is 4.42 Å². The van der Waals surface area contributed by atoms with Gasteiger partial charge in [-0.1, -0.05) is 36.4 Å². The standard InChI is InChI=1S/C23H23N5O2/c1-2-22(29)25-17-11-12-18(13-17)28-20(14-24-27-28)15-7-9-16(10-8-15)23-26-19-5-3-4-6-21(19)30-23/h3-10,14,17-18H,2,11-13H2,1H3,(H,25,29). The smallest absolute Gasteiger partial charge is 0.227 e. The zero-order valence-electron chi connectivity index (χ0n) is 16.8. The van der Waals surface area contributed by atoms with Crippen molar-refractivity contribution in [2.24, 2.45) is 0 Å². The number of para-hydroxylation sites is 2. The number of carbonyl (C=O) groups excluding carboxylic acids is 1. The van der Waals surface area contributed by atoms with Gasteiger partial charge in [0.05, 0.1) is 17.9 Å². The predicted molar refractivity (Wildman–Crippen MR) is 114 cm³/mol. The Kier molecular flexibility index (Phi) is 4.78. The molecular weight excluding hydrogens is 378 g/mol. The fraction of sp³-hybridized carbons (Fsp3) is 0.304. The summed E-state index contributed by atoms with van der Waals surface area (Å²) in [5.41, 5.74) is 4.58. The highest BCUT2D eigenvalue weighted by Gasteiger charge is 2.29. The number of hydrogen-bond donors (Lipinski definition) is 1. The number of benzene rings is 2.